The molecule has 0 unspecified atom stereocenters. The van der Waals surface area contributed by atoms with E-state index in [9.17, 15) is 8.42 Å². The van der Waals surface area contributed by atoms with Crippen molar-refractivity contribution >= 4 is 10.0 Å². The van der Waals surface area contributed by atoms with Gasteiger partial charge >= 0.3 is 0 Å². The Labute approximate surface area is 118 Å². The summed E-state index contributed by atoms with van der Waals surface area (Å²) in [5.41, 5.74) is 0.640. The molecule has 0 aliphatic rings. The summed E-state index contributed by atoms with van der Waals surface area (Å²) in [5.74, 6) is 1.48. The molecule has 0 N–H and O–H groups in total. The zero-order valence-electron chi connectivity index (χ0n) is 11.5. The minimum atomic E-state index is -3.40. The van der Waals surface area contributed by atoms with E-state index in [0.717, 1.165) is 10.2 Å². The van der Waals surface area contributed by atoms with Crippen LogP contribution in [-0.2, 0) is 10.0 Å². The van der Waals surface area contributed by atoms with Gasteiger partial charge in [0.2, 0.25) is 10.0 Å². The standard InChI is InChI=1S/C13H16N2O4S/c1-4-19-11-6-5-10(9-12(11)18-2)13-14-7-8-15(13)20(3,16)17/h5-9H,4H2,1-3H3. The zero-order chi connectivity index (χ0) is 14.8. The molecule has 0 aliphatic carbocycles. The van der Waals surface area contributed by atoms with Gasteiger partial charge in [0, 0.05) is 18.0 Å². The predicted molar refractivity (Wildman–Crippen MR) is 75.6 cm³/mol. The van der Waals surface area contributed by atoms with Crippen LogP contribution in [0.5, 0.6) is 11.5 Å². The van der Waals surface area contributed by atoms with Gasteiger partial charge in [0.1, 0.15) is 0 Å². The lowest BCUT2D eigenvalue weighted by Gasteiger charge is -2.11. The second kappa shape index (κ2) is 5.54. The van der Waals surface area contributed by atoms with Crippen LogP contribution in [0.1, 0.15) is 6.92 Å². The quantitative estimate of drug-likeness (QED) is 0.841. The van der Waals surface area contributed by atoms with Crippen molar-refractivity contribution in [2.24, 2.45) is 0 Å². The molecule has 1 aromatic carbocycles. The number of benzene rings is 1. The van der Waals surface area contributed by atoms with Gasteiger partial charge in [-0.25, -0.2) is 17.4 Å². The summed E-state index contributed by atoms with van der Waals surface area (Å²) >= 11 is 0. The number of hydrogen-bond acceptors (Lipinski definition) is 5. The third kappa shape index (κ3) is 2.77. The Morgan fingerprint density at radius 2 is 2.05 bits per heavy atom. The van der Waals surface area contributed by atoms with E-state index < -0.39 is 10.0 Å². The van der Waals surface area contributed by atoms with Crippen LogP contribution in [0.15, 0.2) is 30.6 Å². The van der Waals surface area contributed by atoms with Crippen LogP contribution in [-0.4, -0.2) is 37.3 Å². The molecule has 2 rings (SSSR count). The SMILES string of the molecule is CCOc1ccc(-c2nccn2S(C)(=O)=O)cc1OC. The highest BCUT2D eigenvalue weighted by Gasteiger charge is 2.15. The number of hydrogen-bond donors (Lipinski definition) is 0. The van der Waals surface area contributed by atoms with Crippen molar-refractivity contribution in [3.05, 3.63) is 30.6 Å². The van der Waals surface area contributed by atoms with Crippen molar-refractivity contribution in [2.45, 2.75) is 6.92 Å². The molecule has 0 fully saturated rings. The van der Waals surface area contributed by atoms with Crippen molar-refractivity contribution in [1.29, 1.82) is 0 Å². The molecule has 0 saturated heterocycles. The van der Waals surface area contributed by atoms with Crippen molar-refractivity contribution < 1.29 is 17.9 Å². The Hall–Kier alpha value is -2.02. The summed E-state index contributed by atoms with van der Waals surface area (Å²) in [7, 11) is -1.86. The molecule has 1 aromatic heterocycles. The summed E-state index contributed by atoms with van der Waals surface area (Å²) in [4.78, 5) is 4.09. The highest BCUT2D eigenvalue weighted by Crippen LogP contribution is 2.32. The highest BCUT2D eigenvalue weighted by molar-refractivity contribution is 7.89. The van der Waals surface area contributed by atoms with Gasteiger partial charge < -0.3 is 9.47 Å². The van der Waals surface area contributed by atoms with Crippen molar-refractivity contribution in [2.75, 3.05) is 20.0 Å². The average molecular weight is 296 g/mol. The lowest BCUT2D eigenvalue weighted by atomic mass is 10.2. The number of imidazole rings is 1. The molecule has 1 heterocycles. The third-order valence-electron chi connectivity index (χ3n) is 2.69. The molecule has 7 heteroatoms. The minimum Gasteiger partial charge on any atom is -0.493 e. The van der Waals surface area contributed by atoms with Crippen LogP contribution in [0.3, 0.4) is 0 Å². The fourth-order valence-corrected chi connectivity index (χ4v) is 2.59. The van der Waals surface area contributed by atoms with Gasteiger partial charge in [-0.2, -0.15) is 0 Å². The lowest BCUT2D eigenvalue weighted by molar-refractivity contribution is 0.311. The van der Waals surface area contributed by atoms with Crippen molar-refractivity contribution in [1.82, 2.24) is 8.96 Å². The van der Waals surface area contributed by atoms with Crippen LogP contribution >= 0.6 is 0 Å². The van der Waals surface area contributed by atoms with Gasteiger partial charge in [-0.05, 0) is 25.1 Å². The topological polar surface area (TPSA) is 70.4 Å². The number of methoxy groups -OCH3 is 1. The maximum atomic E-state index is 11.7. The molecule has 0 spiro atoms. The Balaban J connectivity index is 2.52. The van der Waals surface area contributed by atoms with E-state index in [1.54, 1.807) is 18.2 Å². The van der Waals surface area contributed by atoms with Crippen LogP contribution in [0.25, 0.3) is 11.4 Å². The maximum absolute atomic E-state index is 11.7. The Bertz CT molecular complexity index is 707. The molecule has 0 radical (unpaired) electrons. The highest BCUT2D eigenvalue weighted by atomic mass is 32.2. The van der Waals surface area contributed by atoms with Gasteiger partial charge in [-0.3, -0.25) is 0 Å². The summed E-state index contributed by atoms with van der Waals surface area (Å²) < 4.78 is 35.2. The van der Waals surface area contributed by atoms with E-state index in [1.165, 1.54) is 19.5 Å². The summed E-state index contributed by atoms with van der Waals surface area (Å²) in [6, 6.07) is 5.19. The van der Waals surface area contributed by atoms with E-state index >= 15 is 0 Å². The fraction of sp³-hybridized carbons (Fsp3) is 0.308. The zero-order valence-corrected chi connectivity index (χ0v) is 12.3. The number of rotatable bonds is 5. The first kappa shape index (κ1) is 14.4. The van der Waals surface area contributed by atoms with Crippen molar-refractivity contribution in [3.8, 4) is 22.9 Å². The van der Waals surface area contributed by atoms with E-state index in [1.807, 2.05) is 6.92 Å². The molecule has 0 amide bonds. The van der Waals surface area contributed by atoms with E-state index in [0.29, 0.717) is 29.5 Å². The number of nitrogens with zero attached hydrogens (tertiary/aromatic N) is 2. The normalized spacial score (nSPS) is 11.3. The average Bonchev–Trinajstić information content (AvgIpc) is 2.88. The Morgan fingerprint density at radius 1 is 1.30 bits per heavy atom. The molecule has 0 aliphatic heterocycles. The number of aromatic nitrogens is 2. The van der Waals surface area contributed by atoms with Crippen LogP contribution in [0.4, 0.5) is 0 Å². The molecule has 2 aromatic rings. The molecule has 6 nitrogen and oxygen atoms in total. The number of ether oxygens (including phenoxy) is 2. The van der Waals surface area contributed by atoms with E-state index in [-0.39, 0.29) is 0 Å². The van der Waals surface area contributed by atoms with Crippen LogP contribution in [0.2, 0.25) is 0 Å². The van der Waals surface area contributed by atoms with Gasteiger partial charge in [0.15, 0.2) is 17.3 Å². The smallest absolute Gasteiger partial charge is 0.237 e. The Kier molecular flexibility index (Phi) is 3.99. The van der Waals surface area contributed by atoms with Crippen LogP contribution < -0.4 is 9.47 Å². The van der Waals surface area contributed by atoms with Gasteiger partial charge in [0.25, 0.3) is 0 Å². The van der Waals surface area contributed by atoms with Gasteiger partial charge in [-0.1, -0.05) is 0 Å². The molecule has 108 valence electrons. The van der Waals surface area contributed by atoms with E-state index in [4.69, 9.17) is 9.47 Å². The molecular formula is C13H16N2O4S. The molecule has 0 atom stereocenters. The monoisotopic (exact) mass is 296 g/mol. The second-order valence-electron chi connectivity index (χ2n) is 4.11. The largest absolute Gasteiger partial charge is 0.493 e. The molecular weight excluding hydrogens is 280 g/mol. The maximum Gasteiger partial charge on any atom is 0.237 e. The molecule has 20 heavy (non-hydrogen) atoms. The summed E-state index contributed by atoms with van der Waals surface area (Å²) in [6.45, 7) is 2.40. The predicted octanol–water partition coefficient (Wildman–Crippen LogP) is 1.77. The minimum absolute atomic E-state index is 0.342. The molecule has 0 bridgehead atoms. The van der Waals surface area contributed by atoms with Gasteiger partial charge in [-0.15, -0.1) is 0 Å². The van der Waals surface area contributed by atoms with Crippen molar-refractivity contribution in [3.63, 3.8) is 0 Å². The van der Waals surface area contributed by atoms with E-state index in [2.05, 4.69) is 4.98 Å². The van der Waals surface area contributed by atoms with Gasteiger partial charge in [0.05, 0.1) is 20.0 Å². The fourth-order valence-electron chi connectivity index (χ4n) is 1.84. The first-order valence-corrected chi connectivity index (χ1v) is 7.87. The first-order valence-electron chi connectivity index (χ1n) is 6.02. The Morgan fingerprint density at radius 3 is 2.65 bits per heavy atom. The second-order valence-corrected chi connectivity index (χ2v) is 5.97. The summed E-state index contributed by atoms with van der Waals surface area (Å²) in [6.07, 6.45) is 3.98. The summed E-state index contributed by atoms with van der Waals surface area (Å²) in [5, 5.41) is 0. The van der Waals surface area contributed by atoms with Crippen LogP contribution in [0, 0.1) is 0 Å². The lowest BCUT2D eigenvalue weighted by Crippen LogP contribution is -2.10. The first-order chi connectivity index (χ1) is 9.47. The third-order valence-corrected chi connectivity index (χ3v) is 3.70. The molecule has 0 saturated carbocycles.